The smallest absolute Gasteiger partial charge is 0.179 e. The molecule has 0 aromatic heterocycles. The van der Waals surface area contributed by atoms with E-state index in [4.69, 9.17) is 4.74 Å². The number of methoxy groups -OCH3 is 1. The van der Waals surface area contributed by atoms with Gasteiger partial charge in [-0.15, -0.1) is 0 Å². The zero-order valence-corrected chi connectivity index (χ0v) is 16.6. The number of halogens is 1. The summed E-state index contributed by atoms with van der Waals surface area (Å²) in [5.74, 6) is 0.974. The van der Waals surface area contributed by atoms with Gasteiger partial charge in [-0.25, -0.2) is 8.42 Å². The third kappa shape index (κ3) is 4.43. The highest BCUT2D eigenvalue weighted by atomic mass is 79.9. The maximum Gasteiger partial charge on any atom is 0.179 e. The SMILES string of the molecule is COc1cccc(C2CCCN2CCS(=O)(=O)c2ccc(Br)cc2)c1. The molecule has 0 amide bonds. The summed E-state index contributed by atoms with van der Waals surface area (Å²) in [5.41, 5.74) is 1.19. The molecular formula is C19H22BrNO3S. The summed E-state index contributed by atoms with van der Waals surface area (Å²) in [4.78, 5) is 2.65. The lowest BCUT2D eigenvalue weighted by atomic mass is 10.0. The van der Waals surface area contributed by atoms with Gasteiger partial charge in [0.05, 0.1) is 17.8 Å². The van der Waals surface area contributed by atoms with Crippen LogP contribution >= 0.6 is 15.9 Å². The van der Waals surface area contributed by atoms with E-state index in [1.54, 1.807) is 31.4 Å². The van der Waals surface area contributed by atoms with Crippen LogP contribution in [-0.4, -0.2) is 39.3 Å². The molecule has 0 saturated carbocycles. The normalized spacial score (nSPS) is 18.4. The van der Waals surface area contributed by atoms with E-state index in [1.807, 2.05) is 18.2 Å². The van der Waals surface area contributed by atoms with Crippen LogP contribution in [0.3, 0.4) is 0 Å². The van der Waals surface area contributed by atoms with Crippen LogP contribution in [-0.2, 0) is 9.84 Å². The molecule has 25 heavy (non-hydrogen) atoms. The Kier molecular flexibility index (Phi) is 5.81. The van der Waals surface area contributed by atoms with Gasteiger partial charge in [-0.05, 0) is 61.3 Å². The maximum absolute atomic E-state index is 12.6. The number of ether oxygens (including phenoxy) is 1. The fourth-order valence-corrected chi connectivity index (χ4v) is 4.84. The summed E-state index contributed by atoms with van der Waals surface area (Å²) in [5, 5.41) is 0. The van der Waals surface area contributed by atoms with Gasteiger partial charge in [0.1, 0.15) is 5.75 Å². The second-order valence-corrected chi connectivity index (χ2v) is 9.27. The van der Waals surface area contributed by atoms with E-state index < -0.39 is 9.84 Å². The van der Waals surface area contributed by atoms with Crippen LogP contribution in [0.4, 0.5) is 0 Å². The van der Waals surface area contributed by atoms with Crippen LogP contribution in [0.15, 0.2) is 57.9 Å². The molecule has 0 radical (unpaired) electrons. The molecule has 1 fully saturated rings. The Morgan fingerprint density at radius 2 is 1.96 bits per heavy atom. The number of hydrogen-bond acceptors (Lipinski definition) is 4. The monoisotopic (exact) mass is 423 g/mol. The molecule has 0 N–H and O–H groups in total. The molecule has 0 bridgehead atoms. The molecule has 1 saturated heterocycles. The van der Waals surface area contributed by atoms with Gasteiger partial charge in [0.25, 0.3) is 0 Å². The van der Waals surface area contributed by atoms with E-state index in [9.17, 15) is 8.42 Å². The Balaban J connectivity index is 1.70. The number of nitrogens with zero attached hydrogens (tertiary/aromatic N) is 1. The van der Waals surface area contributed by atoms with Crippen molar-refractivity contribution in [1.29, 1.82) is 0 Å². The Labute approximate surface area is 157 Å². The van der Waals surface area contributed by atoms with E-state index in [2.05, 4.69) is 26.9 Å². The van der Waals surface area contributed by atoms with Crippen molar-refractivity contribution >= 4 is 25.8 Å². The van der Waals surface area contributed by atoms with Crippen LogP contribution in [0, 0.1) is 0 Å². The third-order valence-corrected chi connectivity index (χ3v) is 6.90. The Hall–Kier alpha value is -1.37. The molecule has 2 aromatic rings. The van der Waals surface area contributed by atoms with E-state index in [0.717, 1.165) is 29.6 Å². The number of sulfone groups is 1. The van der Waals surface area contributed by atoms with E-state index in [1.165, 1.54) is 5.56 Å². The van der Waals surface area contributed by atoms with Gasteiger partial charge in [0.15, 0.2) is 9.84 Å². The second kappa shape index (κ2) is 7.89. The minimum atomic E-state index is -3.27. The van der Waals surface area contributed by atoms with Gasteiger partial charge >= 0.3 is 0 Å². The maximum atomic E-state index is 12.6. The minimum Gasteiger partial charge on any atom is -0.497 e. The molecule has 0 spiro atoms. The lowest BCUT2D eigenvalue weighted by molar-refractivity contribution is 0.271. The van der Waals surface area contributed by atoms with Gasteiger partial charge in [-0.2, -0.15) is 0 Å². The Morgan fingerprint density at radius 3 is 2.68 bits per heavy atom. The van der Waals surface area contributed by atoms with Gasteiger partial charge < -0.3 is 4.74 Å². The molecule has 1 heterocycles. The van der Waals surface area contributed by atoms with Crippen molar-refractivity contribution in [2.75, 3.05) is 26.0 Å². The number of benzene rings is 2. The fourth-order valence-electron chi connectivity index (χ4n) is 3.32. The average molecular weight is 424 g/mol. The number of likely N-dealkylation sites (tertiary alicyclic amines) is 1. The fraction of sp³-hybridized carbons (Fsp3) is 0.368. The molecule has 1 unspecified atom stereocenters. The molecule has 1 atom stereocenters. The highest BCUT2D eigenvalue weighted by Crippen LogP contribution is 2.33. The van der Waals surface area contributed by atoms with Crippen molar-refractivity contribution in [3.8, 4) is 5.75 Å². The summed E-state index contributed by atoms with van der Waals surface area (Å²) < 4.78 is 31.4. The highest BCUT2D eigenvalue weighted by Gasteiger charge is 2.27. The summed E-state index contributed by atoms with van der Waals surface area (Å²) in [6, 6.07) is 15.2. The molecule has 1 aliphatic heterocycles. The van der Waals surface area contributed by atoms with Crippen LogP contribution in [0.2, 0.25) is 0 Å². The summed E-state index contributed by atoms with van der Waals surface area (Å²) >= 11 is 3.34. The van der Waals surface area contributed by atoms with Gasteiger partial charge in [0, 0.05) is 17.1 Å². The predicted octanol–water partition coefficient (Wildman–Crippen LogP) is 4.07. The van der Waals surface area contributed by atoms with Crippen molar-refractivity contribution < 1.29 is 13.2 Å². The largest absolute Gasteiger partial charge is 0.497 e. The summed E-state index contributed by atoms with van der Waals surface area (Å²) in [6.45, 7) is 1.47. The standard InChI is InChI=1S/C19H22BrNO3S/c1-24-17-5-2-4-15(14-17)19-6-3-11-21(19)12-13-25(22,23)18-9-7-16(20)8-10-18/h2,4-5,7-10,14,19H,3,6,11-13H2,1H3. The van der Waals surface area contributed by atoms with E-state index in [0.29, 0.717) is 11.4 Å². The first-order valence-corrected chi connectivity index (χ1v) is 10.8. The lowest BCUT2D eigenvalue weighted by Crippen LogP contribution is -2.29. The van der Waals surface area contributed by atoms with Crippen molar-refractivity contribution in [3.63, 3.8) is 0 Å². The van der Waals surface area contributed by atoms with E-state index >= 15 is 0 Å². The van der Waals surface area contributed by atoms with Gasteiger partial charge in [-0.3, -0.25) is 4.90 Å². The van der Waals surface area contributed by atoms with Crippen molar-refractivity contribution in [2.45, 2.75) is 23.8 Å². The van der Waals surface area contributed by atoms with Crippen LogP contribution in [0.5, 0.6) is 5.75 Å². The van der Waals surface area contributed by atoms with Crippen molar-refractivity contribution in [1.82, 2.24) is 4.90 Å². The first-order valence-electron chi connectivity index (χ1n) is 8.36. The minimum absolute atomic E-state index is 0.134. The Morgan fingerprint density at radius 1 is 1.20 bits per heavy atom. The average Bonchev–Trinajstić information content (AvgIpc) is 3.09. The lowest BCUT2D eigenvalue weighted by Gasteiger charge is -2.25. The van der Waals surface area contributed by atoms with Gasteiger partial charge in [0.2, 0.25) is 0 Å². The zero-order chi connectivity index (χ0) is 17.9. The first kappa shape index (κ1) is 18.4. The molecule has 0 aliphatic carbocycles. The molecule has 2 aromatic carbocycles. The van der Waals surface area contributed by atoms with Crippen LogP contribution < -0.4 is 4.74 Å². The molecule has 134 valence electrons. The molecule has 4 nitrogen and oxygen atoms in total. The third-order valence-electron chi connectivity index (χ3n) is 4.66. The van der Waals surface area contributed by atoms with Crippen LogP contribution in [0.1, 0.15) is 24.4 Å². The van der Waals surface area contributed by atoms with E-state index in [-0.39, 0.29) is 11.8 Å². The highest BCUT2D eigenvalue weighted by molar-refractivity contribution is 9.10. The molecular weight excluding hydrogens is 402 g/mol. The summed E-state index contributed by atoms with van der Waals surface area (Å²) in [7, 11) is -1.61. The van der Waals surface area contributed by atoms with Crippen LogP contribution in [0.25, 0.3) is 0 Å². The topological polar surface area (TPSA) is 46.6 Å². The second-order valence-electron chi connectivity index (χ2n) is 6.24. The molecule has 6 heteroatoms. The number of rotatable bonds is 6. The number of hydrogen-bond donors (Lipinski definition) is 0. The Bertz CT molecular complexity index is 821. The zero-order valence-electron chi connectivity index (χ0n) is 14.2. The summed E-state index contributed by atoms with van der Waals surface area (Å²) in [6.07, 6.45) is 2.13. The molecule has 1 aliphatic rings. The predicted molar refractivity (Wildman–Crippen MR) is 103 cm³/mol. The molecule has 3 rings (SSSR count). The quantitative estimate of drug-likeness (QED) is 0.702. The van der Waals surface area contributed by atoms with Crippen molar-refractivity contribution in [3.05, 3.63) is 58.6 Å². The van der Waals surface area contributed by atoms with Gasteiger partial charge in [-0.1, -0.05) is 28.1 Å². The van der Waals surface area contributed by atoms with Crippen molar-refractivity contribution in [2.24, 2.45) is 0 Å². The first-order chi connectivity index (χ1) is 12.0.